The van der Waals surface area contributed by atoms with Gasteiger partial charge in [0, 0.05) is 29.0 Å². The number of thiophene rings is 2. The van der Waals surface area contributed by atoms with Crippen LogP contribution in [0.1, 0.15) is 9.67 Å². The fraction of sp³-hybridized carbons (Fsp3) is 0. The van der Waals surface area contributed by atoms with Crippen LogP contribution in [0.4, 0.5) is 5.69 Å². The Morgan fingerprint density at radius 3 is 2.70 bits per heavy atom. The third-order valence-electron chi connectivity index (χ3n) is 3.87. The van der Waals surface area contributed by atoms with Crippen molar-refractivity contribution in [2.75, 3.05) is 4.72 Å². The molecule has 3 aromatic heterocycles. The molecule has 0 spiro atoms. The van der Waals surface area contributed by atoms with Crippen LogP contribution in [0.2, 0.25) is 0 Å². The summed E-state index contributed by atoms with van der Waals surface area (Å²) in [6, 6.07) is 12.0. The van der Waals surface area contributed by atoms with E-state index >= 15 is 0 Å². The van der Waals surface area contributed by atoms with Gasteiger partial charge in [-0.3, -0.25) is 14.5 Å². The summed E-state index contributed by atoms with van der Waals surface area (Å²) in [7, 11) is -3.62. The molecule has 0 aliphatic heterocycles. The summed E-state index contributed by atoms with van der Waals surface area (Å²) in [6.07, 6.45) is 3.37. The van der Waals surface area contributed by atoms with Gasteiger partial charge in [-0.15, -0.1) is 22.7 Å². The number of hydrogen-bond donors (Lipinski definition) is 2. The number of nitrogens with one attached hydrogen (secondary N) is 1. The third kappa shape index (κ3) is 3.44. The van der Waals surface area contributed by atoms with E-state index in [4.69, 9.17) is 5.73 Å². The second-order valence-electron chi connectivity index (χ2n) is 5.69. The number of nitrogens with zero attached hydrogens (tertiary/aromatic N) is 1. The number of carbonyl (C=O) groups excluding carboxylic acids is 1. The summed E-state index contributed by atoms with van der Waals surface area (Å²) in [5.74, 6) is -0.486. The van der Waals surface area contributed by atoms with Crippen molar-refractivity contribution in [1.29, 1.82) is 0 Å². The maximum atomic E-state index is 12.4. The number of carbonyl (C=O) groups is 1. The molecule has 0 radical (unpaired) electrons. The van der Waals surface area contributed by atoms with Gasteiger partial charge < -0.3 is 5.73 Å². The summed E-state index contributed by atoms with van der Waals surface area (Å²) in [5, 5.41) is 2.56. The van der Waals surface area contributed by atoms with Crippen LogP contribution in [-0.4, -0.2) is 19.3 Å². The van der Waals surface area contributed by atoms with Gasteiger partial charge in [-0.2, -0.15) is 0 Å². The zero-order valence-electron chi connectivity index (χ0n) is 13.7. The van der Waals surface area contributed by atoms with Gasteiger partial charge in [-0.1, -0.05) is 18.2 Å². The van der Waals surface area contributed by atoms with Crippen molar-refractivity contribution in [3.8, 4) is 11.1 Å². The second kappa shape index (κ2) is 6.76. The molecule has 4 rings (SSSR count). The van der Waals surface area contributed by atoms with Gasteiger partial charge in [0.05, 0.1) is 9.58 Å². The Hall–Kier alpha value is -2.75. The molecular weight excluding hydrogens is 402 g/mol. The highest BCUT2D eigenvalue weighted by molar-refractivity contribution is 7.94. The van der Waals surface area contributed by atoms with Crippen LogP contribution in [0.5, 0.6) is 0 Å². The Kier molecular flexibility index (Phi) is 4.42. The van der Waals surface area contributed by atoms with Crippen LogP contribution in [-0.2, 0) is 10.0 Å². The number of aromatic nitrogens is 1. The lowest BCUT2D eigenvalue weighted by Crippen LogP contribution is -2.11. The topological polar surface area (TPSA) is 102 Å². The molecule has 27 heavy (non-hydrogen) atoms. The molecule has 4 aromatic rings. The summed E-state index contributed by atoms with van der Waals surface area (Å²) in [5.41, 5.74) is 7.41. The highest BCUT2D eigenvalue weighted by atomic mass is 32.2. The van der Waals surface area contributed by atoms with E-state index in [-0.39, 0.29) is 4.21 Å². The molecule has 1 aromatic carbocycles. The normalized spacial score (nSPS) is 11.6. The van der Waals surface area contributed by atoms with Gasteiger partial charge in [0.15, 0.2) is 0 Å². The van der Waals surface area contributed by atoms with Crippen molar-refractivity contribution >= 4 is 54.4 Å². The van der Waals surface area contributed by atoms with Gasteiger partial charge in [-0.25, -0.2) is 8.42 Å². The first-order valence-electron chi connectivity index (χ1n) is 7.78. The maximum absolute atomic E-state index is 12.4. The SMILES string of the molecule is NC(=O)c1cc2c(-c3cccc(NS(=O)(=O)c4cccs4)c3)cncc2s1. The highest BCUT2D eigenvalue weighted by Gasteiger charge is 2.16. The Labute approximate surface area is 163 Å². The van der Waals surface area contributed by atoms with Gasteiger partial charge in [-0.05, 0) is 35.2 Å². The van der Waals surface area contributed by atoms with Crippen LogP contribution in [0, 0.1) is 0 Å². The molecule has 0 atom stereocenters. The lowest BCUT2D eigenvalue weighted by Gasteiger charge is -2.09. The number of pyridine rings is 1. The number of anilines is 1. The van der Waals surface area contributed by atoms with Gasteiger partial charge in [0.25, 0.3) is 15.9 Å². The lowest BCUT2D eigenvalue weighted by molar-refractivity contribution is 0.100. The molecule has 3 heterocycles. The van der Waals surface area contributed by atoms with Crippen molar-refractivity contribution in [1.82, 2.24) is 4.98 Å². The summed E-state index contributed by atoms with van der Waals surface area (Å²) in [6.45, 7) is 0. The molecule has 0 unspecified atom stereocenters. The molecule has 1 amide bonds. The van der Waals surface area contributed by atoms with E-state index in [1.54, 1.807) is 54.2 Å². The zero-order valence-corrected chi connectivity index (χ0v) is 16.2. The molecule has 0 aliphatic rings. The average molecular weight is 416 g/mol. The number of hydrogen-bond acceptors (Lipinski definition) is 6. The quantitative estimate of drug-likeness (QED) is 0.516. The third-order valence-corrected chi connectivity index (χ3v) is 7.74. The minimum absolute atomic E-state index is 0.251. The predicted molar refractivity (Wildman–Crippen MR) is 109 cm³/mol. The summed E-state index contributed by atoms with van der Waals surface area (Å²) in [4.78, 5) is 16.2. The van der Waals surface area contributed by atoms with Gasteiger partial charge in [0.1, 0.15) is 4.21 Å². The average Bonchev–Trinajstić information content (AvgIpc) is 3.31. The molecule has 0 saturated heterocycles. The van der Waals surface area contributed by atoms with E-state index in [1.807, 2.05) is 6.07 Å². The van der Waals surface area contributed by atoms with E-state index in [0.29, 0.717) is 10.6 Å². The summed E-state index contributed by atoms with van der Waals surface area (Å²) < 4.78 is 28.6. The molecule has 136 valence electrons. The molecule has 0 fully saturated rings. The van der Waals surface area contributed by atoms with Crippen molar-refractivity contribution in [2.45, 2.75) is 4.21 Å². The first-order valence-corrected chi connectivity index (χ1v) is 11.0. The van der Waals surface area contributed by atoms with Crippen LogP contribution in [0.15, 0.2) is 64.4 Å². The second-order valence-corrected chi connectivity index (χ2v) is 9.63. The largest absolute Gasteiger partial charge is 0.365 e. The smallest absolute Gasteiger partial charge is 0.271 e. The van der Waals surface area contributed by atoms with E-state index in [0.717, 1.165) is 32.5 Å². The number of primary amides is 1. The number of sulfonamides is 1. The first-order chi connectivity index (χ1) is 12.9. The fourth-order valence-corrected chi connectivity index (χ4v) is 5.63. The van der Waals surface area contributed by atoms with Crippen molar-refractivity contribution in [3.63, 3.8) is 0 Å². The zero-order chi connectivity index (χ0) is 19.0. The monoisotopic (exact) mass is 415 g/mol. The number of amides is 1. The minimum atomic E-state index is -3.62. The van der Waals surface area contributed by atoms with Crippen molar-refractivity contribution in [2.24, 2.45) is 5.73 Å². The van der Waals surface area contributed by atoms with Gasteiger partial charge in [0.2, 0.25) is 0 Å². The predicted octanol–water partition coefficient (Wildman–Crippen LogP) is 3.92. The van der Waals surface area contributed by atoms with Crippen molar-refractivity contribution in [3.05, 3.63) is 65.1 Å². The van der Waals surface area contributed by atoms with Crippen LogP contribution < -0.4 is 10.5 Å². The number of nitrogens with two attached hydrogens (primary N) is 1. The lowest BCUT2D eigenvalue weighted by atomic mass is 10.0. The molecule has 0 saturated carbocycles. The highest BCUT2D eigenvalue weighted by Crippen LogP contribution is 2.34. The molecule has 6 nitrogen and oxygen atoms in total. The Morgan fingerprint density at radius 1 is 1.11 bits per heavy atom. The standard InChI is InChI=1S/C18H13N3O3S3/c19-18(22)15-8-13-14(9-20-10-16(13)26-15)11-3-1-4-12(7-11)21-27(23,24)17-5-2-6-25-17/h1-10,21H,(H2,19,22). The van der Waals surface area contributed by atoms with Crippen LogP contribution in [0.25, 0.3) is 21.2 Å². The van der Waals surface area contributed by atoms with E-state index < -0.39 is 15.9 Å². The number of benzene rings is 1. The molecule has 0 aliphatic carbocycles. The molecule has 3 N–H and O–H groups in total. The number of rotatable bonds is 5. The Morgan fingerprint density at radius 2 is 1.96 bits per heavy atom. The van der Waals surface area contributed by atoms with E-state index in [1.165, 1.54) is 11.3 Å². The number of fused-ring (bicyclic) bond motifs is 1. The summed E-state index contributed by atoms with van der Waals surface area (Å²) >= 11 is 2.43. The van der Waals surface area contributed by atoms with E-state index in [9.17, 15) is 13.2 Å². The van der Waals surface area contributed by atoms with Gasteiger partial charge >= 0.3 is 0 Å². The first kappa shape index (κ1) is 17.7. The fourth-order valence-electron chi connectivity index (χ4n) is 2.68. The molecule has 9 heteroatoms. The van der Waals surface area contributed by atoms with Crippen LogP contribution in [0.3, 0.4) is 0 Å². The Bertz CT molecular complexity index is 1250. The molecule has 0 bridgehead atoms. The Balaban J connectivity index is 1.75. The van der Waals surface area contributed by atoms with Crippen LogP contribution >= 0.6 is 22.7 Å². The maximum Gasteiger partial charge on any atom is 0.271 e. The van der Waals surface area contributed by atoms with E-state index in [2.05, 4.69) is 9.71 Å². The van der Waals surface area contributed by atoms with Crippen molar-refractivity contribution < 1.29 is 13.2 Å². The minimum Gasteiger partial charge on any atom is -0.365 e. The molecular formula is C18H13N3O3S3.